The van der Waals surface area contributed by atoms with Crippen LogP contribution in [0, 0.1) is 0 Å². The second-order valence-corrected chi connectivity index (χ2v) is 5.84. The van der Waals surface area contributed by atoms with Crippen molar-refractivity contribution in [3.63, 3.8) is 0 Å². The molecule has 0 bridgehead atoms. The first-order valence-electron chi connectivity index (χ1n) is 7.96. The molecule has 0 aromatic heterocycles. The maximum atomic E-state index is 12.2. The zero-order valence-corrected chi connectivity index (χ0v) is 13.4. The van der Waals surface area contributed by atoms with Crippen molar-refractivity contribution in [3.8, 4) is 0 Å². The first-order valence-corrected chi connectivity index (χ1v) is 7.96. The first-order chi connectivity index (χ1) is 10.2. The first kappa shape index (κ1) is 15.8. The van der Waals surface area contributed by atoms with Crippen molar-refractivity contribution in [1.29, 1.82) is 0 Å². The molecule has 1 amide bonds. The van der Waals surface area contributed by atoms with Gasteiger partial charge in [-0.25, -0.2) is 0 Å². The zero-order valence-electron chi connectivity index (χ0n) is 13.4. The van der Waals surface area contributed by atoms with E-state index in [2.05, 4.69) is 46.7 Å². The Kier molecular flexibility index (Phi) is 5.62. The molecule has 1 aliphatic rings. The molecule has 2 atom stereocenters. The Labute approximate surface area is 127 Å². The summed E-state index contributed by atoms with van der Waals surface area (Å²) in [5.41, 5.74) is 2.49. The number of hydrogen-bond acceptors (Lipinski definition) is 3. The summed E-state index contributed by atoms with van der Waals surface area (Å²) in [7, 11) is 2.01. The van der Waals surface area contributed by atoms with E-state index in [1.807, 2.05) is 14.0 Å². The molecule has 1 aliphatic heterocycles. The van der Waals surface area contributed by atoms with E-state index < -0.39 is 0 Å². The van der Waals surface area contributed by atoms with Crippen molar-refractivity contribution in [3.05, 3.63) is 29.8 Å². The number of hydrogen-bond donors (Lipinski definition) is 2. The van der Waals surface area contributed by atoms with E-state index in [9.17, 15) is 4.79 Å². The number of benzene rings is 1. The van der Waals surface area contributed by atoms with Gasteiger partial charge < -0.3 is 15.5 Å². The highest BCUT2D eigenvalue weighted by Gasteiger charge is 2.23. The lowest BCUT2D eigenvalue weighted by molar-refractivity contribution is -0.120. The largest absolute Gasteiger partial charge is 0.362 e. The second-order valence-electron chi connectivity index (χ2n) is 5.84. The summed E-state index contributed by atoms with van der Waals surface area (Å²) >= 11 is 0. The Morgan fingerprint density at radius 3 is 2.90 bits per heavy atom. The minimum Gasteiger partial charge on any atom is -0.362 e. The fourth-order valence-corrected chi connectivity index (χ4v) is 2.89. The van der Waals surface area contributed by atoms with E-state index in [0.29, 0.717) is 12.6 Å². The molecule has 0 aliphatic carbocycles. The molecule has 1 aromatic rings. The van der Waals surface area contributed by atoms with Gasteiger partial charge in [-0.15, -0.1) is 0 Å². The van der Waals surface area contributed by atoms with Crippen molar-refractivity contribution in [1.82, 2.24) is 10.6 Å². The molecule has 0 fully saturated rings. The molecule has 116 valence electrons. The van der Waals surface area contributed by atoms with Crippen LogP contribution in [0.5, 0.6) is 0 Å². The van der Waals surface area contributed by atoms with Crippen molar-refractivity contribution in [2.75, 3.05) is 25.0 Å². The monoisotopic (exact) mass is 289 g/mol. The van der Waals surface area contributed by atoms with Crippen molar-refractivity contribution < 1.29 is 4.79 Å². The van der Waals surface area contributed by atoms with Crippen LogP contribution in [0.3, 0.4) is 0 Å². The number of carbonyl (C=O) groups is 1. The minimum atomic E-state index is 0.113. The molecule has 4 heteroatoms. The maximum Gasteiger partial charge on any atom is 0.239 e. The molecule has 1 heterocycles. The molecule has 2 N–H and O–H groups in total. The predicted molar refractivity (Wildman–Crippen MR) is 87.6 cm³/mol. The van der Waals surface area contributed by atoms with E-state index in [0.717, 1.165) is 25.8 Å². The summed E-state index contributed by atoms with van der Waals surface area (Å²) in [5.74, 6) is 0.113. The van der Waals surface area contributed by atoms with Gasteiger partial charge in [-0.1, -0.05) is 25.1 Å². The lowest BCUT2D eigenvalue weighted by Crippen LogP contribution is -2.41. The van der Waals surface area contributed by atoms with Gasteiger partial charge in [0, 0.05) is 24.3 Å². The fourth-order valence-electron chi connectivity index (χ4n) is 2.89. The normalized spacial score (nSPS) is 19.6. The van der Waals surface area contributed by atoms with E-state index in [-0.39, 0.29) is 11.9 Å². The third kappa shape index (κ3) is 3.97. The Morgan fingerprint density at radius 2 is 2.19 bits per heavy atom. The highest BCUT2D eigenvalue weighted by molar-refractivity contribution is 5.82. The molecule has 2 unspecified atom stereocenters. The molecule has 0 spiro atoms. The highest BCUT2D eigenvalue weighted by Crippen LogP contribution is 2.32. The summed E-state index contributed by atoms with van der Waals surface area (Å²) in [6.45, 7) is 5.51. The van der Waals surface area contributed by atoms with Gasteiger partial charge in [0.1, 0.15) is 0 Å². The standard InChI is InChI=1S/C17H27N3O/c1-4-13(2)19-17(21)12-20-11-7-9-15(18-3)14-8-5-6-10-16(14)20/h5-6,8,10,13,15,18H,4,7,9,11-12H2,1-3H3,(H,19,21). The quantitative estimate of drug-likeness (QED) is 0.875. The van der Waals surface area contributed by atoms with Gasteiger partial charge in [-0.2, -0.15) is 0 Å². The average molecular weight is 289 g/mol. The van der Waals surface area contributed by atoms with E-state index in [1.165, 1.54) is 11.3 Å². The van der Waals surface area contributed by atoms with Gasteiger partial charge in [0.2, 0.25) is 5.91 Å². The number of amides is 1. The fraction of sp³-hybridized carbons (Fsp3) is 0.588. The van der Waals surface area contributed by atoms with Gasteiger partial charge in [-0.3, -0.25) is 4.79 Å². The lowest BCUT2D eigenvalue weighted by Gasteiger charge is -2.26. The van der Waals surface area contributed by atoms with Gasteiger partial charge in [0.15, 0.2) is 0 Å². The van der Waals surface area contributed by atoms with E-state index in [1.54, 1.807) is 0 Å². The number of fused-ring (bicyclic) bond motifs is 1. The summed E-state index contributed by atoms with van der Waals surface area (Å²) in [5, 5.41) is 6.45. The van der Waals surface area contributed by atoms with Crippen LogP contribution in [0.15, 0.2) is 24.3 Å². The Morgan fingerprint density at radius 1 is 1.43 bits per heavy atom. The summed E-state index contributed by atoms with van der Waals surface area (Å²) in [6.07, 6.45) is 3.16. The molecule has 0 radical (unpaired) electrons. The number of nitrogens with one attached hydrogen (secondary N) is 2. The number of carbonyl (C=O) groups excluding carboxylic acids is 1. The average Bonchev–Trinajstić information content (AvgIpc) is 2.67. The molecule has 21 heavy (non-hydrogen) atoms. The molecule has 1 aromatic carbocycles. The number of para-hydroxylation sites is 1. The van der Waals surface area contributed by atoms with Crippen LogP contribution in [-0.4, -0.2) is 32.1 Å². The lowest BCUT2D eigenvalue weighted by atomic mass is 10.0. The number of nitrogens with zero attached hydrogens (tertiary/aromatic N) is 1. The predicted octanol–water partition coefficient (Wildman–Crippen LogP) is 2.46. The SMILES string of the molecule is CCC(C)NC(=O)CN1CCCC(NC)c2ccccc21. The topological polar surface area (TPSA) is 44.4 Å². The van der Waals surface area contributed by atoms with Gasteiger partial charge in [-0.05, 0) is 44.9 Å². The molecule has 2 rings (SSSR count). The van der Waals surface area contributed by atoms with Gasteiger partial charge in [0.25, 0.3) is 0 Å². The summed E-state index contributed by atoms with van der Waals surface area (Å²) < 4.78 is 0. The zero-order chi connectivity index (χ0) is 15.2. The van der Waals surface area contributed by atoms with E-state index >= 15 is 0 Å². The van der Waals surface area contributed by atoms with Crippen LogP contribution in [0.1, 0.15) is 44.7 Å². The second kappa shape index (κ2) is 7.46. The van der Waals surface area contributed by atoms with Crippen LogP contribution in [0.25, 0.3) is 0 Å². The Bertz CT molecular complexity index is 475. The number of anilines is 1. The molecule has 4 nitrogen and oxygen atoms in total. The van der Waals surface area contributed by atoms with Crippen LogP contribution in [0.2, 0.25) is 0 Å². The molecular formula is C17H27N3O. The maximum absolute atomic E-state index is 12.2. The summed E-state index contributed by atoms with van der Waals surface area (Å²) in [4.78, 5) is 14.4. The van der Waals surface area contributed by atoms with Crippen LogP contribution >= 0.6 is 0 Å². The van der Waals surface area contributed by atoms with Gasteiger partial charge >= 0.3 is 0 Å². The molecule has 0 saturated carbocycles. The third-order valence-corrected chi connectivity index (χ3v) is 4.28. The molecular weight excluding hydrogens is 262 g/mol. The van der Waals surface area contributed by atoms with Crippen LogP contribution in [-0.2, 0) is 4.79 Å². The van der Waals surface area contributed by atoms with E-state index in [4.69, 9.17) is 0 Å². The Balaban J connectivity index is 2.14. The van der Waals surface area contributed by atoms with Crippen molar-refractivity contribution >= 4 is 11.6 Å². The van der Waals surface area contributed by atoms with Crippen LogP contribution in [0.4, 0.5) is 5.69 Å². The highest BCUT2D eigenvalue weighted by atomic mass is 16.2. The smallest absolute Gasteiger partial charge is 0.239 e. The Hall–Kier alpha value is -1.55. The number of rotatable bonds is 5. The van der Waals surface area contributed by atoms with Crippen molar-refractivity contribution in [2.45, 2.75) is 45.2 Å². The molecule has 0 saturated heterocycles. The third-order valence-electron chi connectivity index (χ3n) is 4.28. The summed E-state index contributed by atoms with van der Waals surface area (Å²) in [6, 6.07) is 9.04. The minimum absolute atomic E-state index is 0.113. The van der Waals surface area contributed by atoms with Crippen molar-refractivity contribution in [2.24, 2.45) is 0 Å². The van der Waals surface area contributed by atoms with Crippen LogP contribution < -0.4 is 15.5 Å². The van der Waals surface area contributed by atoms with Gasteiger partial charge in [0.05, 0.1) is 6.54 Å².